The zero-order valence-electron chi connectivity index (χ0n) is 10.7. The first-order chi connectivity index (χ1) is 8.65. The van der Waals surface area contributed by atoms with E-state index in [0.717, 1.165) is 23.7 Å². The van der Waals surface area contributed by atoms with Gasteiger partial charge in [-0.1, -0.05) is 13.8 Å². The van der Waals surface area contributed by atoms with Crippen molar-refractivity contribution in [1.29, 1.82) is 0 Å². The topological polar surface area (TPSA) is 42.5 Å². The number of hydrogen-bond acceptors (Lipinski definition) is 3. The fraction of sp³-hybridized carbons (Fsp3) is 0.462. The smallest absolute Gasteiger partial charge is 0.170 e. The third-order valence-corrected chi connectivity index (χ3v) is 2.72. The van der Waals surface area contributed by atoms with Crippen LogP contribution in [0.1, 0.15) is 13.8 Å². The summed E-state index contributed by atoms with van der Waals surface area (Å²) in [5.74, 6) is 2.11. The molecule has 4 nitrogen and oxygen atoms in total. The molecule has 0 saturated carbocycles. The number of rotatable bonds is 3. The van der Waals surface area contributed by atoms with E-state index in [1.807, 2.05) is 18.2 Å². The predicted octanol–water partition coefficient (Wildman–Crippen LogP) is 2.40. The summed E-state index contributed by atoms with van der Waals surface area (Å²) < 4.78 is 11.0. The molecule has 2 rings (SSSR count). The van der Waals surface area contributed by atoms with Crippen LogP contribution in [-0.2, 0) is 0 Å². The van der Waals surface area contributed by atoms with Crippen LogP contribution in [0, 0.1) is 5.92 Å². The van der Waals surface area contributed by atoms with Crippen molar-refractivity contribution in [2.75, 3.05) is 25.1 Å². The normalized spacial score (nSPS) is 13.3. The van der Waals surface area contributed by atoms with Crippen molar-refractivity contribution in [2.45, 2.75) is 13.8 Å². The Bertz CT molecular complexity index is 435. The Morgan fingerprint density at radius 1 is 1.28 bits per heavy atom. The fourth-order valence-electron chi connectivity index (χ4n) is 1.59. The van der Waals surface area contributed by atoms with Gasteiger partial charge in [0.1, 0.15) is 13.2 Å². The Balaban J connectivity index is 1.95. The van der Waals surface area contributed by atoms with Gasteiger partial charge in [0, 0.05) is 18.3 Å². The molecule has 0 atom stereocenters. The minimum Gasteiger partial charge on any atom is -0.486 e. The van der Waals surface area contributed by atoms with Crippen LogP contribution in [0.3, 0.4) is 0 Å². The second-order valence-electron chi connectivity index (χ2n) is 4.59. The van der Waals surface area contributed by atoms with Crippen LogP contribution in [0.2, 0.25) is 0 Å². The van der Waals surface area contributed by atoms with Gasteiger partial charge in [-0.05, 0) is 30.3 Å². The molecule has 0 unspecified atom stereocenters. The lowest BCUT2D eigenvalue weighted by Crippen LogP contribution is -2.31. The highest BCUT2D eigenvalue weighted by molar-refractivity contribution is 7.80. The average Bonchev–Trinajstić information content (AvgIpc) is 2.36. The van der Waals surface area contributed by atoms with Crippen molar-refractivity contribution in [3.05, 3.63) is 18.2 Å². The number of nitrogens with one attached hydrogen (secondary N) is 2. The summed E-state index contributed by atoms with van der Waals surface area (Å²) >= 11 is 5.21. The first-order valence-electron chi connectivity index (χ1n) is 6.09. The molecule has 0 radical (unpaired) electrons. The highest BCUT2D eigenvalue weighted by atomic mass is 32.1. The molecule has 0 aliphatic carbocycles. The third kappa shape index (κ3) is 3.50. The summed E-state index contributed by atoms with van der Waals surface area (Å²) in [5.41, 5.74) is 0.903. The zero-order chi connectivity index (χ0) is 13.0. The van der Waals surface area contributed by atoms with Gasteiger partial charge in [0.15, 0.2) is 16.6 Å². The van der Waals surface area contributed by atoms with Crippen molar-refractivity contribution in [1.82, 2.24) is 5.32 Å². The standard InChI is InChI=1S/C13H18N2O2S/c1-9(2)8-14-13(18)15-10-3-4-11-12(7-10)17-6-5-16-11/h3-4,7,9H,5-6,8H2,1-2H3,(H2,14,15,18). The molecule has 5 heteroatoms. The van der Waals surface area contributed by atoms with E-state index in [4.69, 9.17) is 21.7 Å². The monoisotopic (exact) mass is 266 g/mol. The predicted molar refractivity (Wildman–Crippen MR) is 76.5 cm³/mol. The fourth-order valence-corrected chi connectivity index (χ4v) is 1.79. The van der Waals surface area contributed by atoms with Gasteiger partial charge in [-0.2, -0.15) is 0 Å². The summed E-state index contributed by atoms with van der Waals surface area (Å²) in [5, 5.41) is 6.92. The van der Waals surface area contributed by atoms with Crippen molar-refractivity contribution in [2.24, 2.45) is 5.92 Å². The van der Waals surface area contributed by atoms with Crippen molar-refractivity contribution in [3.8, 4) is 11.5 Å². The minimum absolute atomic E-state index is 0.560. The van der Waals surface area contributed by atoms with Crippen LogP contribution in [0.4, 0.5) is 5.69 Å². The molecule has 2 N–H and O–H groups in total. The van der Waals surface area contributed by atoms with Crippen LogP contribution in [0.5, 0.6) is 11.5 Å². The number of ether oxygens (including phenoxy) is 2. The molecule has 18 heavy (non-hydrogen) atoms. The van der Waals surface area contributed by atoms with Gasteiger partial charge in [-0.3, -0.25) is 0 Å². The van der Waals surface area contributed by atoms with Crippen LogP contribution >= 0.6 is 12.2 Å². The molecule has 0 spiro atoms. The Kier molecular flexibility index (Phi) is 4.25. The molecular formula is C13H18N2O2S. The Morgan fingerprint density at radius 2 is 2.00 bits per heavy atom. The maximum absolute atomic E-state index is 5.52. The number of hydrogen-bond donors (Lipinski definition) is 2. The van der Waals surface area contributed by atoms with Gasteiger partial charge in [-0.25, -0.2) is 0 Å². The lowest BCUT2D eigenvalue weighted by molar-refractivity contribution is 0.171. The van der Waals surface area contributed by atoms with E-state index in [1.165, 1.54) is 0 Å². The van der Waals surface area contributed by atoms with Gasteiger partial charge in [0.2, 0.25) is 0 Å². The average molecular weight is 266 g/mol. The lowest BCUT2D eigenvalue weighted by atomic mass is 10.2. The highest BCUT2D eigenvalue weighted by Gasteiger charge is 2.11. The number of fused-ring (bicyclic) bond motifs is 1. The molecule has 1 aromatic carbocycles. The van der Waals surface area contributed by atoms with E-state index in [0.29, 0.717) is 24.2 Å². The van der Waals surface area contributed by atoms with Crippen LogP contribution in [0.15, 0.2) is 18.2 Å². The Labute approximate surface area is 113 Å². The quantitative estimate of drug-likeness (QED) is 0.822. The molecule has 98 valence electrons. The largest absolute Gasteiger partial charge is 0.486 e. The first-order valence-corrected chi connectivity index (χ1v) is 6.50. The van der Waals surface area contributed by atoms with E-state index in [1.54, 1.807) is 0 Å². The van der Waals surface area contributed by atoms with E-state index >= 15 is 0 Å². The van der Waals surface area contributed by atoms with Gasteiger partial charge in [0.05, 0.1) is 0 Å². The van der Waals surface area contributed by atoms with Crippen LogP contribution in [0.25, 0.3) is 0 Å². The number of thiocarbonyl (C=S) groups is 1. The summed E-state index contributed by atoms with van der Waals surface area (Å²) in [7, 11) is 0. The highest BCUT2D eigenvalue weighted by Crippen LogP contribution is 2.32. The van der Waals surface area contributed by atoms with Gasteiger partial charge >= 0.3 is 0 Å². The van der Waals surface area contributed by atoms with Crippen molar-refractivity contribution >= 4 is 23.0 Å². The summed E-state index contributed by atoms with van der Waals surface area (Å²) in [4.78, 5) is 0. The maximum Gasteiger partial charge on any atom is 0.170 e. The molecule has 0 fully saturated rings. The number of anilines is 1. The molecule has 0 bridgehead atoms. The second kappa shape index (κ2) is 5.91. The van der Waals surface area contributed by atoms with Gasteiger partial charge in [-0.15, -0.1) is 0 Å². The second-order valence-corrected chi connectivity index (χ2v) is 5.00. The molecule has 1 aromatic rings. The van der Waals surface area contributed by atoms with Gasteiger partial charge < -0.3 is 20.1 Å². The SMILES string of the molecule is CC(C)CNC(=S)Nc1ccc2c(c1)OCCO2. The molecular weight excluding hydrogens is 248 g/mol. The van der Waals surface area contributed by atoms with E-state index in [9.17, 15) is 0 Å². The Morgan fingerprint density at radius 3 is 2.72 bits per heavy atom. The third-order valence-electron chi connectivity index (χ3n) is 2.47. The molecule has 0 aromatic heterocycles. The van der Waals surface area contributed by atoms with Gasteiger partial charge in [0.25, 0.3) is 0 Å². The van der Waals surface area contributed by atoms with E-state index < -0.39 is 0 Å². The van der Waals surface area contributed by atoms with Crippen LogP contribution < -0.4 is 20.1 Å². The van der Waals surface area contributed by atoms with Crippen LogP contribution in [-0.4, -0.2) is 24.9 Å². The lowest BCUT2D eigenvalue weighted by Gasteiger charge is -2.19. The van der Waals surface area contributed by atoms with Crippen molar-refractivity contribution < 1.29 is 9.47 Å². The summed E-state index contributed by atoms with van der Waals surface area (Å²) in [6.45, 7) is 6.33. The molecule has 1 aliphatic heterocycles. The minimum atomic E-state index is 0.560. The van der Waals surface area contributed by atoms with E-state index in [2.05, 4.69) is 24.5 Å². The molecule has 1 aliphatic rings. The van der Waals surface area contributed by atoms with E-state index in [-0.39, 0.29) is 0 Å². The first kappa shape index (κ1) is 13.0. The number of benzene rings is 1. The zero-order valence-corrected chi connectivity index (χ0v) is 11.5. The maximum atomic E-state index is 5.52. The summed E-state index contributed by atoms with van der Waals surface area (Å²) in [6.07, 6.45) is 0. The Hall–Kier alpha value is -1.49. The molecule has 1 heterocycles. The summed E-state index contributed by atoms with van der Waals surface area (Å²) in [6, 6.07) is 5.72. The molecule has 0 saturated heterocycles. The van der Waals surface area contributed by atoms with Crippen molar-refractivity contribution in [3.63, 3.8) is 0 Å². The molecule has 0 amide bonds.